The lowest BCUT2D eigenvalue weighted by atomic mass is 10.1. The third kappa shape index (κ3) is 2.61. The van der Waals surface area contributed by atoms with E-state index in [1.165, 1.54) is 5.56 Å². The molecule has 1 heterocycles. The minimum atomic E-state index is 0.0789. The number of alkyl halides is 1. The molecule has 3 rings (SSSR count). The Morgan fingerprint density at radius 2 is 2.05 bits per heavy atom. The van der Waals surface area contributed by atoms with Crippen molar-refractivity contribution in [1.29, 1.82) is 0 Å². The fourth-order valence-corrected chi connectivity index (χ4v) is 2.76. The largest absolute Gasteiger partial charge is 0.489 e. The van der Waals surface area contributed by atoms with Crippen LogP contribution in [0.1, 0.15) is 16.7 Å². The van der Waals surface area contributed by atoms with E-state index in [0.717, 1.165) is 29.0 Å². The van der Waals surface area contributed by atoms with Gasteiger partial charge in [-0.3, -0.25) is 0 Å². The Kier molecular flexibility index (Phi) is 3.83. The molecule has 0 aliphatic carbocycles. The van der Waals surface area contributed by atoms with Gasteiger partial charge in [0.25, 0.3) is 0 Å². The van der Waals surface area contributed by atoms with Crippen LogP contribution in [-0.2, 0) is 12.3 Å². The highest BCUT2D eigenvalue weighted by Gasteiger charge is 2.23. The molecule has 0 saturated carbocycles. The van der Waals surface area contributed by atoms with Crippen molar-refractivity contribution in [2.75, 3.05) is 6.61 Å². The maximum Gasteiger partial charge on any atom is 0.137 e. The van der Waals surface area contributed by atoms with Crippen LogP contribution in [0.15, 0.2) is 42.5 Å². The van der Waals surface area contributed by atoms with Gasteiger partial charge in [-0.2, -0.15) is 0 Å². The first-order valence-corrected chi connectivity index (χ1v) is 7.33. The highest BCUT2D eigenvalue weighted by atomic mass is 35.5. The van der Waals surface area contributed by atoms with Gasteiger partial charge in [0.15, 0.2) is 0 Å². The van der Waals surface area contributed by atoms with Gasteiger partial charge in [-0.25, -0.2) is 0 Å². The summed E-state index contributed by atoms with van der Waals surface area (Å²) < 4.78 is 11.8. The molecular weight excluding hydrogens is 272 g/mol. The second-order valence-corrected chi connectivity index (χ2v) is 5.33. The SMILES string of the molecule is Cc1cccc(CCl)c1OCC1Cc2ccccc2O1. The number of aryl methyl sites for hydroxylation is 1. The van der Waals surface area contributed by atoms with Crippen molar-refractivity contribution in [2.24, 2.45) is 0 Å². The van der Waals surface area contributed by atoms with Gasteiger partial charge in [0.1, 0.15) is 24.2 Å². The van der Waals surface area contributed by atoms with Gasteiger partial charge in [-0.1, -0.05) is 36.4 Å². The van der Waals surface area contributed by atoms with Gasteiger partial charge in [0, 0.05) is 12.0 Å². The molecule has 2 aromatic carbocycles. The number of halogens is 1. The first kappa shape index (κ1) is 13.3. The van der Waals surface area contributed by atoms with Gasteiger partial charge in [0.2, 0.25) is 0 Å². The predicted octanol–water partition coefficient (Wildman–Crippen LogP) is 4.12. The zero-order valence-corrected chi connectivity index (χ0v) is 12.2. The monoisotopic (exact) mass is 288 g/mol. The van der Waals surface area contributed by atoms with Crippen molar-refractivity contribution >= 4 is 11.6 Å². The molecule has 0 fully saturated rings. The number of hydrogen-bond acceptors (Lipinski definition) is 2. The lowest BCUT2D eigenvalue weighted by Gasteiger charge is -2.16. The first-order chi connectivity index (χ1) is 9.78. The first-order valence-electron chi connectivity index (χ1n) is 6.79. The minimum Gasteiger partial charge on any atom is -0.489 e. The molecule has 0 bridgehead atoms. The van der Waals surface area contributed by atoms with Gasteiger partial charge >= 0.3 is 0 Å². The molecule has 0 amide bonds. The molecule has 20 heavy (non-hydrogen) atoms. The van der Waals surface area contributed by atoms with E-state index in [0.29, 0.717) is 12.5 Å². The van der Waals surface area contributed by atoms with Crippen molar-refractivity contribution in [3.8, 4) is 11.5 Å². The number of para-hydroxylation sites is 2. The zero-order chi connectivity index (χ0) is 13.9. The highest BCUT2D eigenvalue weighted by Crippen LogP contribution is 2.30. The van der Waals surface area contributed by atoms with Crippen LogP contribution in [0.3, 0.4) is 0 Å². The highest BCUT2D eigenvalue weighted by molar-refractivity contribution is 6.17. The molecule has 0 aromatic heterocycles. The molecule has 104 valence electrons. The number of benzene rings is 2. The number of hydrogen-bond donors (Lipinski definition) is 0. The summed E-state index contributed by atoms with van der Waals surface area (Å²) in [4.78, 5) is 0. The number of ether oxygens (including phenoxy) is 2. The molecule has 0 saturated heterocycles. The molecule has 1 aliphatic rings. The van der Waals surface area contributed by atoms with E-state index in [1.54, 1.807) is 0 Å². The molecular formula is C17H17ClO2. The topological polar surface area (TPSA) is 18.5 Å². The molecule has 0 N–H and O–H groups in total. The van der Waals surface area contributed by atoms with Crippen molar-refractivity contribution in [3.63, 3.8) is 0 Å². The zero-order valence-electron chi connectivity index (χ0n) is 11.4. The van der Waals surface area contributed by atoms with Crippen LogP contribution in [0.25, 0.3) is 0 Å². The average molecular weight is 289 g/mol. The van der Waals surface area contributed by atoms with Crippen LogP contribution < -0.4 is 9.47 Å². The predicted molar refractivity (Wildman–Crippen MR) is 80.8 cm³/mol. The normalized spacial score (nSPS) is 16.6. The van der Waals surface area contributed by atoms with E-state index in [-0.39, 0.29) is 6.10 Å². The van der Waals surface area contributed by atoms with Gasteiger partial charge in [-0.05, 0) is 24.1 Å². The van der Waals surface area contributed by atoms with Crippen LogP contribution in [0.4, 0.5) is 0 Å². The average Bonchev–Trinajstić information content (AvgIpc) is 2.88. The van der Waals surface area contributed by atoms with Crippen molar-refractivity contribution < 1.29 is 9.47 Å². The van der Waals surface area contributed by atoms with Crippen LogP contribution in [0.5, 0.6) is 11.5 Å². The van der Waals surface area contributed by atoms with Gasteiger partial charge < -0.3 is 9.47 Å². The second-order valence-electron chi connectivity index (χ2n) is 5.06. The maximum absolute atomic E-state index is 5.96. The third-order valence-electron chi connectivity index (χ3n) is 3.56. The van der Waals surface area contributed by atoms with E-state index < -0.39 is 0 Å². The van der Waals surface area contributed by atoms with Crippen molar-refractivity contribution in [2.45, 2.75) is 25.3 Å². The molecule has 1 unspecified atom stereocenters. The van der Waals surface area contributed by atoms with E-state index in [4.69, 9.17) is 21.1 Å². The fraction of sp³-hybridized carbons (Fsp3) is 0.294. The second kappa shape index (κ2) is 5.76. The summed E-state index contributed by atoms with van der Waals surface area (Å²) in [7, 11) is 0. The van der Waals surface area contributed by atoms with E-state index >= 15 is 0 Å². The Balaban J connectivity index is 1.67. The van der Waals surface area contributed by atoms with Gasteiger partial charge in [-0.15, -0.1) is 11.6 Å². The Hall–Kier alpha value is -1.67. The molecule has 2 aromatic rings. The van der Waals surface area contributed by atoms with Crippen LogP contribution >= 0.6 is 11.6 Å². The van der Waals surface area contributed by atoms with Crippen LogP contribution in [0, 0.1) is 6.92 Å². The van der Waals surface area contributed by atoms with Gasteiger partial charge in [0.05, 0.1) is 5.88 Å². The third-order valence-corrected chi connectivity index (χ3v) is 3.85. The van der Waals surface area contributed by atoms with Crippen LogP contribution in [-0.4, -0.2) is 12.7 Å². The Morgan fingerprint density at radius 1 is 1.20 bits per heavy atom. The summed E-state index contributed by atoms with van der Waals surface area (Å²) in [6.45, 7) is 2.58. The maximum atomic E-state index is 5.96. The molecule has 0 radical (unpaired) electrons. The van der Waals surface area contributed by atoms with Crippen LogP contribution in [0.2, 0.25) is 0 Å². The number of fused-ring (bicyclic) bond motifs is 1. The molecule has 1 aliphatic heterocycles. The quantitative estimate of drug-likeness (QED) is 0.788. The summed E-state index contributed by atoms with van der Waals surface area (Å²) in [6, 6.07) is 14.2. The van der Waals surface area contributed by atoms with Crippen molar-refractivity contribution in [3.05, 3.63) is 59.2 Å². The Bertz CT molecular complexity index is 585. The Morgan fingerprint density at radius 3 is 2.85 bits per heavy atom. The summed E-state index contributed by atoms with van der Waals surface area (Å²) in [5.74, 6) is 2.33. The summed E-state index contributed by atoms with van der Waals surface area (Å²) in [5.41, 5.74) is 3.39. The lowest BCUT2D eigenvalue weighted by Crippen LogP contribution is -2.23. The molecule has 1 atom stereocenters. The summed E-state index contributed by atoms with van der Waals surface area (Å²) in [6.07, 6.45) is 0.980. The smallest absolute Gasteiger partial charge is 0.137 e. The lowest BCUT2D eigenvalue weighted by molar-refractivity contribution is 0.147. The van der Waals surface area contributed by atoms with Crippen molar-refractivity contribution in [1.82, 2.24) is 0 Å². The molecule has 2 nitrogen and oxygen atoms in total. The Labute approximate surface area is 124 Å². The summed E-state index contributed by atoms with van der Waals surface area (Å²) in [5, 5.41) is 0. The van der Waals surface area contributed by atoms with E-state index in [2.05, 4.69) is 6.07 Å². The molecule has 0 spiro atoms. The minimum absolute atomic E-state index is 0.0789. The van der Waals surface area contributed by atoms with E-state index in [9.17, 15) is 0 Å². The standard InChI is InChI=1S/C17H17ClO2/c1-12-5-4-7-14(10-18)17(12)19-11-15-9-13-6-2-3-8-16(13)20-15/h2-8,15H,9-11H2,1H3. The van der Waals surface area contributed by atoms with E-state index in [1.807, 2.05) is 43.3 Å². The summed E-state index contributed by atoms with van der Waals surface area (Å²) >= 11 is 5.96. The number of rotatable bonds is 4. The molecule has 3 heteroatoms. The fourth-order valence-electron chi connectivity index (χ4n) is 2.55.